The molecule has 3 atom stereocenters. The largest absolute Gasteiger partial charge is 0.247 e. The fourth-order valence-electron chi connectivity index (χ4n) is 1.55. The van der Waals surface area contributed by atoms with E-state index in [4.69, 9.17) is 0 Å². The number of rotatable bonds is 7. The molecule has 0 saturated heterocycles. The third kappa shape index (κ3) is 4.87. The molecule has 0 fully saturated rings. The van der Waals surface area contributed by atoms with E-state index < -0.39 is 18.0 Å². The van der Waals surface area contributed by atoms with Crippen molar-refractivity contribution in [3.63, 3.8) is 0 Å². The Kier molecular flexibility index (Phi) is 6.21. The van der Waals surface area contributed by atoms with Crippen LogP contribution in [0.15, 0.2) is 0 Å². The van der Waals surface area contributed by atoms with Crippen molar-refractivity contribution in [1.29, 1.82) is 0 Å². The minimum atomic E-state index is -1.87. The minimum Gasteiger partial charge on any atom is -0.247 e. The van der Waals surface area contributed by atoms with Crippen LogP contribution in [0, 0.1) is 0 Å². The van der Waals surface area contributed by atoms with Crippen molar-refractivity contribution in [2.75, 3.05) is 0 Å². The van der Waals surface area contributed by atoms with Crippen LogP contribution in [0.4, 0.5) is 13.2 Å². The van der Waals surface area contributed by atoms with Crippen LogP contribution in [0.3, 0.4) is 0 Å². The zero-order chi connectivity index (χ0) is 11.2. The molecule has 0 aromatic heterocycles. The molecule has 0 aromatic rings. The molecule has 3 heteroatoms. The average molecular weight is 210 g/mol. The van der Waals surface area contributed by atoms with Gasteiger partial charge in [0.05, 0.1) is 0 Å². The van der Waals surface area contributed by atoms with Gasteiger partial charge in [-0.15, -0.1) is 0 Å². The summed E-state index contributed by atoms with van der Waals surface area (Å²) >= 11 is 0. The third-order valence-corrected chi connectivity index (χ3v) is 2.46. The zero-order valence-electron chi connectivity index (χ0n) is 9.32. The van der Waals surface area contributed by atoms with Crippen LogP contribution in [0.2, 0.25) is 0 Å². The molecule has 0 amide bonds. The summed E-state index contributed by atoms with van der Waals surface area (Å²) in [7, 11) is 0. The van der Waals surface area contributed by atoms with E-state index in [2.05, 4.69) is 0 Å². The predicted molar refractivity (Wildman–Crippen MR) is 53.7 cm³/mol. The molecule has 0 spiro atoms. The maximum absolute atomic E-state index is 13.5. The maximum atomic E-state index is 13.5. The fourth-order valence-corrected chi connectivity index (χ4v) is 1.55. The van der Waals surface area contributed by atoms with Crippen molar-refractivity contribution >= 4 is 0 Å². The van der Waals surface area contributed by atoms with Gasteiger partial charge in [0.15, 0.2) is 0 Å². The van der Waals surface area contributed by atoms with Crippen molar-refractivity contribution in [2.45, 2.75) is 70.9 Å². The monoisotopic (exact) mass is 210 g/mol. The lowest BCUT2D eigenvalue weighted by atomic mass is 9.92. The molecular weight excluding hydrogens is 189 g/mol. The molecule has 3 unspecified atom stereocenters. The van der Waals surface area contributed by atoms with E-state index in [1.807, 2.05) is 6.92 Å². The summed E-state index contributed by atoms with van der Waals surface area (Å²) in [6.07, 6.45) is -1.45. The molecule has 0 N–H and O–H groups in total. The minimum absolute atomic E-state index is 0.160. The summed E-state index contributed by atoms with van der Waals surface area (Å²) in [5.74, 6) is 0. The van der Waals surface area contributed by atoms with E-state index in [0.717, 1.165) is 0 Å². The average Bonchev–Trinajstić information content (AvgIpc) is 2.04. The van der Waals surface area contributed by atoms with Crippen molar-refractivity contribution in [3.8, 4) is 0 Å². The SMILES string of the molecule is CCCC(F)CC(F)C(C)(F)CCC. The van der Waals surface area contributed by atoms with Crippen LogP contribution < -0.4 is 0 Å². The first-order valence-electron chi connectivity index (χ1n) is 5.41. The van der Waals surface area contributed by atoms with Crippen LogP contribution in [0.25, 0.3) is 0 Å². The maximum Gasteiger partial charge on any atom is 0.139 e. The van der Waals surface area contributed by atoms with E-state index in [1.54, 1.807) is 6.92 Å². The van der Waals surface area contributed by atoms with Gasteiger partial charge in [-0.1, -0.05) is 26.7 Å². The Balaban J connectivity index is 3.98. The van der Waals surface area contributed by atoms with Crippen LogP contribution in [0.1, 0.15) is 52.9 Å². The third-order valence-electron chi connectivity index (χ3n) is 2.46. The molecule has 0 saturated carbocycles. The topological polar surface area (TPSA) is 0 Å². The molecule has 0 radical (unpaired) electrons. The Morgan fingerprint density at radius 3 is 2.14 bits per heavy atom. The first-order valence-corrected chi connectivity index (χ1v) is 5.41. The molecular formula is C11H21F3. The number of hydrogen-bond acceptors (Lipinski definition) is 0. The highest BCUT2D eigenvalue weighted by atomic mass is 19.2. The Hall–Kier alpha value is -0.210. The molecule has 0 aliphatic heterocycles. The lowest BCUT2D eigenvalue weighted by Crippen LogP contribution is -2.33. The Morgan fingerprint density at radius 1 is 1.14 bits per heavy atom. The summed E-state index contributed by atoms with van der Waals surface area (Å²) < 4.78 is 39.9. The van der Waals surface area contributed by atoms with Gasteiger partial charge in [0.2, 0.25) is 0 Å². The van der Waals surface area contributed by atoms with Gasteiger partial charge in [-0.2, -0.15) is 0 Å². The Labute approximate surface area is 84.9 Å². The summed E-state index contributed by atoms with van der Waals surface area (Å²) in [5, 5.41) is 0. The van der Waals surface area contributed by atoms with E-state index >= 15 is 0 Å². The van der Waals surface area contributed by atoms with Crippen LogP contribution in [-0.4, -0.2) is 18.0 Å². The first-order chi connectivity index (χ1) is 6.44. The van der Waals surface area contributed by atoms with Gasteiger partial charge in [0, 0.05) is 6.42 Å². The van der Waals surface area contributed by atoms with Crippen LogP contribution >= 0.6 is 0 Å². The molecule has 0 aromatic carbocycles. The highest BCUT2D eigenvalue weighted by Crippen LogP contribution is 2.29. The molecule has 0 heterocycles. The van der Waals surface area contributed by atoms with E-state index in [-0.39, 0.29) is 12.8 Å². The summed E-state index contributed by atoms with van der Waals surface area (Å²) in [4.78, 5) is 0. The highest BCUT2D eigenvalue weighted by molar-refractivity contribution is 4.84. The molecule has 0 aliphatic rings. The van der Waals surface area contributed by atoms with E-state index in [0.29, 0.717) is 19.3 Å². The standard InChI is InChI=1S/C11H21F3/c1-4-6-9(12)8-10(13)11(3,14)7-5-2/h9-10H,4-8H2,1-3H3. The Bertz CT molecular complexity index is 145. The van der Waals surface area contributed by atoms with Gasteiger partial charge in [0.25, 0.3) is 0 Å². The van der Waals surface area contributed by atoms with Gasteiger partial charge in [-0.05, 0) is 19.8 Å². The number of alkyl halides is 3. The van der Waals surface area contributed by atoms with Crippen molar-refractivity contribution in [3.05, 3.63) is 0 Å². The summed E-state index contributed by atoms with van der Waals surface area (Å²) in [6.45, 7) is 4.85. The lowest BCUT2D eigenvalue weighted by Gasteiger charge is -2.25. The first kappa shape index (κ1) is 13.8. The second-order valence-electron chi connectivity index (χ2n) is 4.12. The molecule has 0 rings (SSSR count). The number of halogens is 3. The normalized spacial score (nSPS) is 20.1. The van der Waals surface area contributed by atoms with E-state index in [1.165, 1.54) is 6.92 Å². The highest BCUT2D eigenvalue weighted by Gasteiger charge is 2.35. The lowest BCUT2D eigenvalue weighted by molar-refractivity contribution is 0.0355. The summed E-state index contributed by atoms with van der Waals surface area (Å²) in [6, 6.07) is 0. The Morgan fingerprint density at radius 2 is 1.71 bits per heavy atom. The quantitative estimate of drug-likeness (QED) is 0.585. The van der Waals surface area contributed by atoms with Gasteiger partial charge in [0.1, 0.15) is 18.0 Å². The molecule has 0 bridgehead atoms. The van der Waals surface area contributed by atoms with Crippen molar-refractivity contribution in [1.82, 2.24) is 0 Å². The predicted octanol–water partition coefficient (Wildman–Crippen LogP) is 4.38. The van der Waals surface area contributed by atoms with Crippen LogP contribution in [-0.2, 0) is 0 Å². The van der Waals surface area contributed by atoms with Crippen molar-refractivity contribution < 1.29 is 13.2 Å². The van der Waals surface area contributed by atoms with Crippen LogP contribution in [0.5, 0.6) is 0 Å². The van der Waals surface area contributed by atoms with Gasteiger partial charge in [-0.25, -0.2) is 13.2 Å². The smallest absolute Gasteiger partial charge is 0.139 e. The van der Waals surface area contributed by atoms with Gasteiger partial charge in [-0.3, -0.25) is 0 Å². The molecule has 0 aliphatic carbocycles. The van der Waals surface area contributed by atoms with Gasteiger partial charge < -0.3 is 0 Å². The molecule has 86 valence electrons. The van der Waals surface area contributed by atoms with Gasteiger partial charge >= 0.3 is 0 Å². The number of hydrogen-bond donors (Lipinski definition) is 0. The summed E-state index contributed by atoms with van der Waals surface area (Å²) in [5.41, 5.74) is -1.87. The van der Waals surface area contributed by atoms with Crippen molar-refractivity contribution in [2.24, 2.45) is 0 Å². The molecule has 0 nitrogen and oxygen atoms in total. The second-order valence-corrected chi connectivity index (χ2v) is 4.12. The second kappa shape index (κ2) is 6.31. The zero-order valence-corrected chi connectivity index (χ0v) is 9.32. The molecule has 14 heavy (non-hydrogen) atoms. The fraction of sp³-hybridized carbons (Fsp3) is 1.00. The van der Waals surface area contributed by atoms with E-state index in [9.17, 15) is 13.2 Å².